The number of halogens is 1. The van der Waals surface area contributed by atoms with Gasteiger partial charge in [0.15, 0.2) is 0 Å². The standard InChI is InChI=1S/C59H38N2S.C35H29BO2S.C30H21ClN2/c1-3-17-41(18-4-1)60(44-35-37-54-48(38-44)47-22-9-12-27-53(47)61(54)42-19-5-2-6-20-42)43-33-30-40(31-34-43)46-23-15-26-51-57(46)58-45-21-8-7-16-39(45)32-36-52(58)59(51)49-24-10-13-28-55(49)62-56-29-14-11-25-50(56)59;1-33(2)34(3,4)38-36(37-33)28-17-11-16-26-32(28)31-23-13-6-5-12-22(23)20-21-27(31)35(26)24-14-7-9-18-29(24)39-30-19-10-8-15-25(30)35;31-22-15-17-25(18-16-22)32(23-9-3-1-4-10-23)26-19-20-30-28(21-26)27-13-7-8-14-29(27)33(30)24-11-5-2-6-12-24/h1-38H;5-21H,1-4H3;1-21H. The van der Waals surface area contributed by atoms with Gasteiger partial charge in [-0.3, -0.25) is 0 Å². The molecule has 134 heavy (non-hydrogen) atoms. The predicted octanol–water partition coefficient (Wildman–Crippen LogP) is 32.8. The molecule has 2 spiro atoms. The van der Waals surface area contributed by atoms with Crippen LogP contribution < -0.4 is 15.3 Å². The first-order chi connectivity index (χ1) is 65.9. The Kier molecular flexibility index (Phi) is 19.5. The molecule has 5 aliphatic rings. The fourth-order valence-corrected chi connectivity index (χ4v) is 24.7. The summed E-state index contributed by atoms with van der Waals surface area (Å²) in [6.45, 7) is 8.52. The zero-order valence-electron chi connectivity index (χ0n) is 74.3. The number of nitrogens with zero attached hydrogens (tertiary/aromatic N) is 4. The number of fused-ring (bicyclic) bond motifs is 28. The first kappa shape index (κ1) is 81.1. The van der Waals surface area contributed by atoms with Gasteiger partial charge >= 0.3 is 7.12 Å². The third kappa shape index (κ3) is 12.7. The molecule has 638 valence electrons. The van der Waals surface area contributed by atoms with Crippen molar-refractivity contribution in [3.05, 3.63) is 511 Å². The van der Waals surface area contributed by atoms with E-state index in [4.69, 9.17) is 20.9 Å². The SMILES string of the molecule is CC1(C)OB(c2cccc3c2-c2c(ccc4ccccc24)C32c3ccccc3Sc3ccccc32)OC1(C)C.Clc1ccc(N(c2ccccc2)c2ccc3c(c2)c2ccccc2n3-c2ccccc2)cc1.c1ccc(N(c2ccc(-c3cccc4c3-c3c(ccc5ccccc35)C43c4ccccc4Sc4ccccc43)cc2)c2ccc3c(c2)c2ccccc2n3-c2ccccc2)cc1. The summed E-state index contributed by atoms with van der Waals surface area (Å²) < 4.78 is 18.1. The Morgan fingerprint density at radius 3 is 1.03 bits per heavy atom. The second-order valence-corrected chi connectivity index (χ2v) is 38.9. The lowest BCUT2D eigenvalue weighted by Gasteiger charge is -2.39. The maximum Gasteiger partial charge on any atom is 0.495 e. The number of hydrogen-bond donors (Lipinski definition) is 0. The normalized spacial score (nSPS) is 14.4. The summed E-state index contributed by atoms with van der Waals surface area (Å²) in [6.07, 6.45) is 0. The van der Waals surface area contributed by atoms with Crippen molar-refractivity contribution >= 4 is 147 Å². The molecule has 6 nitrogen and oxygen atoms in total. The van der Waals surface area contributed by atoms with Crippen LogP contribution >= 0.6 is 35.1 Å². The van der Waals surface area contributed by atoms with Crippen molar-refractivity contribution in [3.63, 3.8) is 0 Å². The summed E-state index contributed by atoms with van der Waals surface area (Å²) in [7, 11) is -0.449. The Morgan fingerprint density at radius 1 is 0.254 bits per heavy atom. The van der Waals surface area contributed by atoms with Crippen molar-refractivity contribution in [3.8, 4) is 44.8 Å². The number of para-hydroxylation sites is 6. The molecular weight excluding hydrogens is 1690 g/mol. The fraction of sp³-hybridized carbons (Fsp3) is 0.0645. The Balaban J connectivity index is 0.000000115. The second-order valence-electron chi connectivity index (χ2n) is 36.3. The molecule has 0 unspecified atom stereocenters. The van der Waals surface area contributed by atoms with Gasteiger partial charge in [-0.05, 0) is 290 Å². The van der Waals surface area contributed by atoms with E-state index < -0.39 is 29.2 Å². The van der Waals surface area contributed by atoms with Crippen LogP contribution in [0.5, 0.6) is 0 Å². The van der Waals surface area contributed by atoms with Gasteiger partial charge in [0.25, 0.3) is 0 Å². The monoisotopic (exact) mass is 1770 g/mol. The van der Waals surface area contributed by atoms with Crippen molar-refractivity contribution < 1.29 is 9.31 Å². The van der Waals surface area contributed by atoms with Crippen LogP contribution in [0.4, 0.5) is 34.1 Å². The van der Waals surface area contributed by atoms with Gasteiger partial charge in [0.2, 0.25) is 0 Å². The molecule has 0 atom stereocenters. The minimum Gasteiger partial charge on any atom is -0.399 e. The molecule has 1 fully saturated rings. The van der Waals surface area contributed by atoms with Gasteiger partial charge in [0.1, 0.15) is 0 Å². The molecule has 0 radical (unpaired) electrons. The topological polar surface area (TPSA) is 34.8 Å². The summed E-state index contributed by atoms with van der Waals surface area (Å²) in [5, 5.41) is 10.7. The minimum absolute atomic E-state index is 0.418. The quantitative estimate of drug-likeness (QED) is 0.127. The summed E-state index contributed by atoms with van der Waals surface area (Å²) in [5.74, 6) is 0. The molecule has 22 aromatic rings. The Morgan fingerprint density at radius 2 is 0.582 bits per heavy atom. The molecule has 2 aliphatic carbocycles. The Hall–Kier alpha value is -14.9. The van der Waals surface area contributed by atoms with Crippen LogP contribution in [0.3, 0.4) is 0 Å². The average Bonchev–Trinajstić information content (AvgIpc) is 1.51. The molecule has 5 heterocycles. The molecular formula is C124H88BClN4O2S2. The van der Waals surface area contributed by atoms with E-state index in [1.54, 1.807) is 0 Å². The lowest BCUT2D eigenvalue weighted by atomic mass is 9.66. The van der Waals surface area contributed by atoms with E-state index >= 15 is 0 Å². The highest BCUT2D eigenvalue weighted by Gasteiger charge is 2.57. The molecule has 0 N–H and O–H groups in total. The summed E-state index contributed by atoms with van der Waals surface area (Å²) in [4.78, 5) is 9.91. The highest BCUT2D eigenvalue weighted by Crippen LogP contribution is 2.67. The van der Waals surface area contributed by atoms with Crippen molar-refractivity contribution in [2.75, 3.05) is 9.80 Å². The molecule has 27 rings (SSSR count). The lowest BCUT2D eigenvalue weighted by Crippen LogP contribution is -2.41. The average molecular weight is 1780 g/mol. The Bertz CT molecular complexity index is 8320. The van der Waals surface area contributed by atoms with Crippen molar-refractivity contribution in [1.29, 1.82) is 0 Å². The van der Waals surface area contributed by atoms with E-state index in [1.165, 1.54) is 163 Å². The number of hydrogen-bond acceptors (Lipinski definition) is 6. The van der Waals surface area contributed by atoms with Crippen LogP contribution in [0.25, 0.3) is 110 Å². The molecule has 3 aliphatic heterocycles. The molecule has 0 saturated carbocycles. The largest absolute Gasteiger partial charge is 0.495 e. The van der Waals surface area contributed by atoms with Gasteiger partial charge in [-0.2, -0.15) is 0 Å². The van der Waals surface area contributed by atoms with Crippen LogP contribution in [0, 0.1) is 0 Å². The third-order valence-electron chi connectivity index (χ3n) is 28.7. The van der Waals surface area contributed by atoms with Crippen molar-refractivity contribution in [2.45, 2.75) is 69.3 Å². The van der Waals surface area contributed by atoms with Crippen LogP contribution in [-0.4, -0.2) is 27.5 Å². The first-order valence-corrected chi connectivity index (χ1v) is 48.1. The van der Waals surface area contributed by atoms with Crippen molar-refractivity contribution in [1.82, 2.24) is 9.13 Å². The molecule has 0 amide bonds. The molecule has 1 saturated heterocycles. The number of rotatable bonds is 10. The van der Waals surface area contributed by atoms with Gasteiger partial charge in [-0.1, -0.05) is 338 Å². The van der Waals surface area contributed by atoms with Gasteiger partial charge in [-0.15, -0.1) is 0 Å². The van der Waals surface area contributed by atoms with E-state index in [-0.39, 0.29) is 0 Å². The summed E-state index contributed by atoms with van der Waals surface area (Å²) in [6, 6.07) is 168. The van der Waals surface area contributed by atoms with Crippen LogP contribution in [0.15, 0.2) is 481 Å². The van der Waals surface area contributed by atoms with Gasteiger partial charge < -0.3 is 28.2 Å². The molecule has 20 aromatic carbocycles. The molecule has 0 bridgehead atoms. The number of benzene rings is 20. The highest BCUT2D eigenvalue weighted by atomic mass is 35.5. The summed E-state index contributed by atoms with van der Waals surface area (Å²) >= 11 is 9.96. The smallest absolute Gasteiger partial charge is 0.399 e. The van der Waals surface area contributed by atoms with Gasteiger partial charge in [-0.25, -0.2) is 0 Å². The number of anilines is 6. The zero-order chi connectivity index (χ0) is 89.5. The molecule has 2 aromatic heterocycles. The second kappa shape index (κ2) is 32.2. The van der Waals surface area contributed by atoms with E-state index in [2.05, 4.69) is 489 Å². The zero-order valence-corrected chi connectivity index (χ0v) is 76.6. The highest BCUT2D eigenvalue weighted by molar-refractivity contribution is 7.99. The van der Waals surface area contributed by atoms with Crippen LogP contribution in [0.1, 0.15) is 72.2 Å². The van der Waals surface area contributed by atoms with E-state index in [9.17, 15) is 0 Å². The molecule has 10 heteroatoms. The lowest BCUT2D eigenvalue weighted by molar-refractivity contribution is 0.00578. The van der Waals surface area contributed by atoms with E-state index in [1.807, 2.05) is 41.7 Å². The first-order valence-electron chi connectivity index (χ1n) is 46.0. The van der Waals surface area contributed by atoms with Crippen LogP contribution in [-0.2, 0) is 20.1 Å². The Labute approximate surface area is 793 Å². The maximum atomic E-state index is 6.69. The van der Waals surface area contributed by atoms with Crippen LogP contribution in [0.2, 0.25) is 5.02 Å². The van der Waals surface area contributed by atoms with Crippen molar-refractivity contribution in [2.24, 2.45) is 0 Å². The maximum absolute atomic E-state index is 6.69. The number of aromatic nitrogens is 2. The van der Waals surface area contributed by atoms with E-state index in [0.717, 1.165) is 56.0 Å². The fourth-order valence-electron chi connectivity index (χ4n) is 22.2. The van der Waals surface area contributed by atoms with Gasteiger partial charge in [0.05, 0.1) is 44.1 Å². The minimum atomic E-state index is -0.449. The predicted molar refractivity (Wildman–Crippen MR) is 561 cm³/mol. The summed E-state index contributed by atoms with van der Waals surface area (Å²) in [5.41, 5.74) is 31.5. The van der Waals surface area contributed by atoms with E-state index in [0.29, 0.717) is 0 Å². The van der Waals surface area contributed by atoms with Gasteiger partial charge in [0, 0.05) is 91.6 Å². The third-order valence-corrected chi connectivity index (χ3v) is 31.2.